The van der Waals surface area contributed by atoms with Crippen molar-refractivity contribution in [3.05, 3.63) is 35.4 Å². The standard InChI is InChI=1S/C15H20N2O2/c1-11-5-3-6-12(9-11)13(18)17-8-4-7-15(2,10-17)14(16)19/h3,5-6,9H,4,7-8,10H2,1-2H3,(H2,16,19). The molecule has 0 bridgehead atoms. The number of likely N-dealkylation sites (tertiary alicyclic amines) is 1. The van der Waals surface area contributed by atoms with Crippen LogP contribution in [0.5, 0.6) is 0 Å². The fraction of sp³-hybridized carbons (Fsp3) is 0.467. The van der Waals surface area contributed by atoms with E-state index in [2.05, 4.69) is 0 Å². The molecular formula is C15H20N2O2. The summed E-state index contributed by atoms with van der Waals surface area (Å²) in [7, 11) is 0. The van der Waals surface area contributed by atoms with E-state index in [9.17, 15) is 9.59 Å². The number of piperidine rings is 1. The second-order valence-electron chi connectivity index (χ2n) is 5.62. The molecule has 1 aliphatic heterocycles. The molecule has 0 spiro atoms. The quantitative estimate of drug-likeness (QED) is 0.880. The maximum Gasteiger partial charge on any atom is 0.253 e. The molecule has 0 aromatic heterocycles. The van der Waals surface area contributed by atoms with E-state index in [0.29, 0.717) is 18.7 Å². The molecule has 1 aliphatic rings. The third-order valence-electron chi connectivity index (χ3n) is 3.84. The fourth-order valence-electron chi connectivity index (χ4n) is 2.57. The Bertz CT molecular complexity index is 513. The first-order valence-corrected chi connectivity index (χ1v) is 6.58. The normalized spacial score (nSPS) is 23.2. The molecule has 1 aromatic carbocycles. The predicted octanol–water partition coefficient (Wildman–Crippen LogP) is 1.72. The average Bonchev–Trinajstić information content (AvgIpc) is 2.38. The van der Waals surface area contributed by atoms with Gasteiger partial charge in [-0.15, -0.1) is 0 Å². The van der Waals surface area contributed by atoms with E-state index in [1.54, 1.807) is 4.90 Å². The Labute approximate surface area is 113 Å². The number of aryl methyl sites for hydroxylation is 1. The van der Waals surface area contributed by atoms with E-state index in [4.69, 9.17) is 5.73 Å². The van der Waals surface area contributed by atoms with Crippen molar-refractivity contribution >= 4 is 11.8 Å². The van der Waals surface area contributed by atoms with Crippen LogP contribution in [0.4, 0.5) is 0 Å². The van der Waals surface area contributed by atoms with Crippen LogP contribution in [-0.4, -0.2) is 29.8 Å². The van der Waals surface area contributed by atoms with Crippen molar-refractivity contribution in [2.24, 2.45) is 11.1 Å². The smallest absolute Gasteiger partial charge is 0.253 e. The average molecular weight is 260 g/mol. The first kappa shape index (κ1) is 13.6. The second-order valence-corrected chi connectivity index (χ2v) is 5.62. The van der Waals surface area contributed by atoms with Crippen molar-refractivity contribution in [1.82, 2.24) is 4.90 Å². The number of hydrogen-bond donors (Lipinski definition) is 1. The van der Waals surface area contributed by atoms with Gasteiger partial charge in [0.15, 0.2) is 0 Å². The van der Waals surface area contributed by atoms with Crippen molar-refractivity contribution in [1.29, 1.82) is 0 Å². The second kappa shape index (κ2) is 5.03. The molecule has 1 atom stereocenters. The van der Waals surface area contributed by atoms with Gasteiger partial charge in [0.05, 0.1) is 5.41 Å². The minimum Gasteiger partial charge on any atom is -0.369 e. The number of hydrogen-bond acceptors (Lipinski definition) is 2. The molecular weight excluding hydrogens is 240 g/mol. The van der Waals surface area contributed by atoms with Crippen LogP contribution < -0.4 is 5.73 Å². The third kappa shape index (κ3) is 2.78. The Morgan fingerprint density at radius 2 is 2.11 bits per heavy atom. The van der Waals surface area contributed by atoms with Crippen LogP contribution >= 0.6 is 0 Å². The molecule has 1 saturated heterocycles. The van der Waals surface area contributed by atoms with Crippen molar-refractivity contribution in [2.75, 3.05) is 13.1 Å². The number of benzene rings is 1. The molecule has 2 rings (SSSR count). The zero-order valence-electron chi connectivity index (χ0n) is 11.5. The lowest BCUT2D eigenvalue weighted by molar-refractivity contribution is -0.129. The highest BCUT2D eigenvalue weighted by Gasteiger charge is 2.37. The zero-order valence-corrected chi connectivity index (χ0v) is 11.5. The highest BCUT2D eigenvalue weighted by atomic mass is 16.2. The SMILES string of the molecule is Cc1cccc(C(=O)N2CCCC(C)(C(N)=O)C2)c1. The maximum atomic E-state index is 12.4. The molecule has 1 heterocycles. The van der Waals surface area contributed by atoms with Gasteiger partial charge >= 0.3 is 0 Å². The summed E-state index contributed by atoms with van der Waals surface area (Å²) in [5.74, 6) is -0.342. The lowest BCUT2D eigenvalue weighted by atomic mass is 9.81. The van der Waals surface area contributed by atoms with Gasteiger partial charge in [0.2, 0.25) is 5.91 Å². The molecule has 1 aromatic rings. The molecule has 19 heavy (non-hydrogen) atoms. The van der Waals surface area contributed by atoms with Crippen molar-refractivity contribution in [3.63, 3.8) is 0 Å². The topological polar surface area (TPSA) is 63.4 Å². The number of carbonyl (C=O) groups excluding carboxylic acids is 2. The van der Waals surface area contributed by atoms with Gasteiger partial charge in [-0.3, -0.25) is 9.59 Å². The van der Waals surface area contributed by atoms with E-state index in [0.717, 1.165) is 18.4 Å². The molecule has 0 aliphatic carbocycles. The first-order chi connectivity index (χ1) is 8.92. The highest BCUT2D eigenvalue weighted by Crippen LogP contribution is 2.29. The highest BCUT2D eigenvalue weighted by molar-refractivity contribution is 5.95. The zero-order chi connectivity index (χ0) is 14.0. The summed E-state index contributed by atoms with van der Waals surface area (Å²) < 4.78 is 0. The monoisotopic (exact) mass is 260 g/mol. The Kier molecular flexibility index (Phi) is 3.60. The molecule has 102 valence electrons. The van der Waals surface area contributed by atoms with Gasteiger partial charge in [0, 0.05) is 18.7 Å². The molecule has 4 nitrogen and oxygen atoms in total. The summed E-state index contributed by atoms with van der Waals surface area (Å²) in [6.07, 6.45) is 1.57. The van der Waals surface area contributed by atoms with Crippen molar-refractivity contribution < 1.29 is 9.59 Å². The fourth-order valence-corrected chi connectivity index (χ4v) is 2.57. The molecule has 2 N–H and O–H groups in total. The van der Waals surface area contributed by atoms with E-state index >= 15 is 0 Å². The molecule has 0 radical (unpaired) electrons. The number of rotatable bonds is 2. The lowest BCUT2D eigenvalue weighted by Crippen LogP contribution is -2.50. The Morgan fingerprint density at radius 1 is 1.37 bits per heavy atom. The van der Waals surface area contributed by atoms with Crippen LogP contribution in [-0.2, 0) is 4.79 Å². The maximum absolute atomic E-state index is 12.4. The largest absolute Gasteiger partial charge is 0.369 e. The number of nitrogens with two attached hydrogens (primary N) is 1. The molecule has 2 amide bonds. The van der Waals surface area contributed by atoms with Gasteiger partial charge in [0.1, 0.15) is 0 Å². The molecule has 4 heteroatoms. The summed E-state index contributed by atoms with van der Waals surface area (Å²) in [6.45, 7) is 4.90. The summed E-state index contributed by atoms with van der Waals surface area (Å²) in [6, 6.07) is 7.52. The van der Waals surface area contributed by atoms with E-state index < -0.39 is 5.41 Å². The summed E-state index contributed by atoms with van der Waals surface area (Å²) >= 11 is 0. The molecule has 1 fully saturated rings. The van der Waals surface area contributed by atoms with E-state index in [1.165, 1.54) is 0 Å². The van der Waals surface area contributed by atoms with Gasteiger partial charge in [-0.1, -0.05) is 17.7 Å². The summed E-state index contributed by atoms with van der Waals surface area (Å²) in [4.78, 5) is 25.7. The van der Waals surface area contributed by atoms with Gasteiger partial charge in [-0.05, 0) is 38.8 Å². The van der Waals surface area contributed by atoms with Gasteiger partial charge in [-0.2, -0.15) is 0 Å². The van der Waals surface area contributed by atoms with Gasteiger partial charge in [0.25, 0.3) is 5.91 Å². The van der Waals surface area contributed by atoms with Gasteiger partial charge in [-0.25, -0.2) is 0 Å². The third-order valence-corrected chi connectivity index (χ3v) is 3.84. The summed E-state index contributed by atoms with van der Waals surface area (Å²) in [5.41, 5.74) is 6.58. The van der Waals surface area contributed by atoms with E-state index in [-0.39, 0.29) is 11.8 Å². The van der Waals surface area contributed by atoms with Crippen molar-refractivity contribution in [2.45, 2.75) is 26.7 Å². The predicted molar refractivity (Wildman–Crippen MR) is 73.6 cm³/mol. The Morgan fingerprint density at radius 3 is 2.74 bits per heavy atom. The lowest BCUT2D eigenvalue weighted by Gasteiger charge is -2.38. The van der Waals surface area contributed by atoms with Crippen LogP contribution in [0.2, 0.25) is 0 Å². The van der Waals surface area contributed by atoms with Gasteiger partial charge < -0.3 is 10.6 Å². The van der Waals surface area contributed by atoms with Crippen LogP contribution in [0.1, 0.15) is 35.7 Å². The minimum atomic E-state index is -0.599. The number of carbonyl (C=O) groups is 2. The van der Waals surface area contributed by atoms with Crippen LogP contribution in [0.25, 0.3) is 0 Å². The molecule has 0 saturated carbocycles. The van der Waals surface area contributed by atoms with Crippen LogP contribution in [0, 0.1) is 12.3 Å². The molecule has 1 unspecified atom stereocenters. The Hall–Kier alpha value is -1.84. The number of primary amides is 1. The first-order valence-electron chi connectivity index (χ1n) is 6.58. The van der Waals surface area contributed by atoms with Crippen LogP contribution in [0.3, 0.4) is 0 Å². The minimum absolute atomic E-state index is 0.0177. The number of nitrogens with zero attached hydrogens (tertiary/aromatic N) is 1. The van der Waals surface area contributed by atoms with E-state index in [1.807, 2.05) is 38.1 Å². The van der Waals surface area contributed by atoms with Crippen molar-refractivity contribution in [3.8, 4) is 0 Å². The van der Waals surface area contributed by atoms with Crippen LogP contribution in [0.15, 0.2) is 24.3 Å². The Balaban J connectivity index is 2.18. The summed E-state index contributed by atoms with van der Waals surface area (Å²) in [5, 5.41) is 0. The number of amides is 2.